The number of likely N-dealkylation sites (tertiary alicyclic amines) is 4. The minimum Gasteiger partial charge on any atom is -0.486 e. The number of alkyl halides is 3. The zero-order valence-electron chi connectivity index (χ0n) is 83.0. The number of rotatable bonds is 28. The number of fused-ring (bicyclic) bond motifs is 4. The van der Waals surface area contributed by atoms with Gasteiger partial charge in [0.2, 0.25) is 0 Å². The molecule has 4 aliphatic rings. The SMILES string of the molecule is CC(Oc1ccc2[nH]nc(/C=C/c3ccc(CN4CCCCC4)c(C(F)(F)F)c3)c2c1)c1c(Cl)cncc1Cl.CC(Oc1ccc2[nH]nc(/C=C/c3ccc(CN4CCCCC4)cc3)c2c1)c1c(Cl)cncc1Cl.[2H]C([2H])(c1ccc(/C=C/c2n[nH]c3ccc(OC(C)c4c(Cl)cncc4Cl)cc23)nn1)N1CCCCC1.[C-]#[N+]c1cc(CN2CCCCC2)c(F)cc1/C=C/c1n[nH]c2ccc(OC(C)c3c(Cl)cncc3Cl)cc12. The van der Waals surface area contributed by atoms with Crippen LogP contribution in [0.15, 0.2) is 189 Å². The van der Waals surface area contributed by atoms with Crippen molar-refractivity contribution in [1.82, 2.24) is 90.5 Å². The van der Waals surface area contributed by atoms with Crippen LogP contribution in [-0.2, 0) is 32.3 Å². The molecule has 0 saturated carbocycles. The van der Waals surface area contributed by atoms with Gasteiger partial charge in [0.05, 0.1) is 109 Å². The van der Waals surface area contributed by atoms with Gasteiger partial charge in [0.15, 0.2) is 5.69 Å². The Morgan fingerprint density at radius 3 is 1.07 bits per heavy atom. The summed E-state index contributed by atoms with van der Waals surface area (Å²) in [4.78, 5) is 28.3. The standard InChI is InChI=1S/C29H27Cl2F3N4O.C29H26Cl2FN5O.C28H28Cl2N4O.C26H26Cl2N6O/c1-18(28-24(30)15-35-16-25(28)31)39-21-8-10-27-22(14-21)26(36-37-27)9-6-19-5-7-20(23(13-19)29(32,33)34)17-38-11-3-2-4-12-38;1-18(29-23(30)15-34-16-24(29)31)38-21-7-9-27-22(14-21)26(35-36-27)8-6-19-12-25(32)20(13-28(19)33-2)17-37-10-4-3-5-11-37;1-19(28-24(29)16-31-17-25(28)30)35-22-10-12-27-23(15-22)26(32-33-27)11-9-20-5-7-21(8-6-20)18-34-13-3-2-4-14-34;1-17(26-22(27)14-29-15-23(26)28)35-20-8-10-25-21(13-20)24(32-33-25)9-7-18-5-6-19(31-30-18)16-34-11-3-2-4-12-34/h5-10,13-16,18H,2-4,11-12,17H2,1H3,(H,36,37);6-9,12-16,18H,3-5,10-11,17H2,1H3,(H,35,36);5-12,15-17,19H,2-4,13-14,18H2,1H3,(H,32,33);5-10,13-15,17H,2-4,11-12,16H2,1H3,(H,32,33)/b9-6+;8-6+;11-9+;9-7+/i;;;16D2. The first-order chi connectivity index (χ1) is 72.0. The summed E-state index contributed by atoms with van der Waals surface area (Å²) < 4.78 is 98.3. The molecule has 147 heavy (non-hydrogen) atoms. The lowest BCUT2D eigenvalue weighted by molar-refractivity contribution is -0.138. The van der Waals surface area contributed by atoms with E-state index in [0.717, 1.165) is 158 Å². The Morgan fingerprint density at radius 1 is 0.374 bits per heavy atom. The normalized spacial score (nSPS) is 15.8. The summed E-state index contributed by atoms with van der Waals surface area (Å²) in [6.45, 7) is 22.8. The quantitative estimate of drug-likeness (QED) is 0.0263. The Morgan fingerprint density at radius 2 is 0.714 bits per heavy atom. The molecular weight excluding hydrogens is 2030 g/mol. The second-order valence-corrected chi connectivity index (χ2v) is 39.7. The Balaban J connectivity index is 0.000000135. The number of benzene rings is 7. The molecule has 35 heteroatoms. The monoisotopic (exact) mass is 2140 g/mol. The number of hydrogen-bond acceptors (Lipinski definition) is 18. The maximum atomic E-state index is 15.0. The van der Waals surface area contributed by atoms with E-state index in [9.17, 15) is 17.6 Å². The summed E-state index contributed by atoms with van der Waals surface area (Å²) in [6, 6.07) is 42.4. The zero-order chi connectivity index (χ0) is 104. The second kappa shape index (κ2) is 50.1. The topological polar surface area (TPSA) is 246 Å². The molecule has 0 spiro atoms. The van der Waals surface area contributed by atoms with Gasteiger partial charge in [-0.3, -0.25) is 59.9 Å². The molecule has 0 aliphatic carbocycles. The molecule has 4 atom stereocenters. The van der Waals surface area contributed by atoms with Crippen molar-refractivity contribution in [1.29, 1.82) is 0 Å². The van der Waals surface area contributed by atoms with Gasteiger partial charge >= 0.3 is 6.18 Å². The highest BCUT2D eigenvalue weighted by Gasteiger charge is 2.35. The number of aromatic nitrogens is 14. The average Bonchev–Trinajstić information content (AvgIpc) is 1.78. The van der Waals surface area contributed by atoms with Crippen LogP contribution in [0.25, 0.3) is 97.1 Å². The third-order valence-corrected chi connectivity index (χ3v) is 28.4. The van der Waals surface area contributed by atoms with Crippen LogP contribution in [0.3, 0.4) is 0 Å². The van der Waals surface area contributed by atoms with Crippen molar-refractivity contribution < 1.29 is 39.3 Å². The van der Waals surface area contributed by atoms with Gasteiger partial charge in [-0.15, -0.1) is 0 Å². The highest BCUT2D eigenvalue weighted by Crippen LogP contribution is 2.42. The number of nitrogens with zero attached hydrogens (tertiary/aromatic N) is 15. The van der Waals surface area contributed by atoms with E-state index < -0.39 is 30.4 Å². The summed E-state index contributed by atoms with van der Waals surface area (Å²) in [5, 5.41) is 45.1. The Kier molecular flexibility index (Phi) is 35.2. The maximum absolute atomic E-state index is 15.0. The van der Waals surface area contributed by atoms with Crippen LogP contribution in [0.2, 0.25) is 40.2 Å². The second-order valence-electron chi connectivity index (χ2n) is 36.5. The number of H-pyrrole nitrogens is 4. The molecule has 13 heterocycles. The van der Waals surface area contributed by atoms with Gasteiger partial charge < -0.3 is 18.9 Å². The fourth-order valence-electron chi connectivity index (χ4n) is 18.4. The number of halogens is 12. The number of hydrogen-bond donors (Lipinski definition) is 4. The van der Waals surface area contributed by atoms with Crippen molar-refractivity contribution in [2.24, 2.45) is 0 Å². The molecule has 758 valence electrons. The van der Waals surface area contributed by atoms with E-state index in [2.05, 4.69) is 121 Å². The van der Waals surface area contributed by atoms with E-state index in [-0.39, 0.29) is 18.0 Å². The number of nitrogens with one attached hydrogen (secondary N) is 4. The highest BCUT2D eigenvalue weighted by atomic mass is 35.5. The van der Waals surface area contributed by atoms with Gasteiger partial charge in [-0.1, -0.05) is 173 Å². The van der Waals surface area contributed by atoms with E-state index in [1.54, 1.807) is 91.6 Å². The van der Waals surface area contributed by atoms with Gasteiger partial charge in [-0.05, 0) is 298 Å². The van der Waals surface area contributed by atoms with E-state index in [0.29, 0.717) is 149 Å². The van der Waals surface area contributed by atoms with Crippen LogP contribution in [0.5, 0.6) is 23.0 Å². The summed E-state index contributed by atoms with van der Waals surface area (Å²) in [6.07, 6.45) is 34.7. The third kappa shape index (κ3) is 27.8. The maximum Gasteiger partial charge on any atom is 0.416 e. The molecular formula is C112H107Cl8F4N19O4. The summed E-state index contributed by atoms with van der Waals surface area (Å²) in [7, 11) is 0. The molecule has 23 nitrogen and oxygen atoms in total. The summed E-state index contributed by atoms with van der Waals surface area (Å²) in [5.41, 5.74) is 13.9. The average molecular weight is 2140 g/mol. The number of pyridine rings is 4. The fourth-order valence-corrected chi connectivity index (χ4v) is 21.1. The lowest BCUT2D eigenvalue weighted by Crippen LogP contribution is -2.30. The van der Waals surface area contributed by atoms with Crippen molar-refractivity contribution in [3.05, 3.63) is 342 Å². The predicted octanol–water partition coefficient (Wildman–Crippen LogP) is 30.7. The molecule has 4 fully saturated rings. The Labute approximate surface area is 892 Å². The van der Waals surface area contributed by atoms with E-state index >= 15 is 0 Å². The largest absolute Gasteiger partial charge is 0.486 e. The Hall–Kier alpha value is -12.4. The van der Waals surface area contributed by atoms with E-state index in [4.69, 9.17) is 121 Å². The molecule has 0 bridgehead atoms. The van der Waals surface area contributed by atoms with Crippen LogP contribution in [-0.4, -0.2) is 143 Å². The summed E-state index contributed by atoms with van der Waals surface area (Å²) >= 11 is 50.3. The summed E-state index contributed by atoms with van der Waals surface area (Å²) in [5.74, 6) is 2.24. The van der Waals surface area contributed by atoms with Gasteiger partial charge in [0.25, 0.3) is 0 Å². The molecule has 4 aliphatic heterocycles. The van der Waals surface area contributed by atoms with Gasteiger partial charge in [-0.2, -0.15) is 43.8 Å². The molecule has 7 aromatic carbocycles. The van der Waals surface area contributed by atoms with Crippen molar-refractivity contribution in [3.8, 4) is 23.0 Å². The minimum absolute atomic E-state index is 0.299. The van der Waals surface area contributed by atoms with Crippen LogP contribution < -0.4 is 18.9 Å². The first-order valence-corrected chi connectivity index (χ1v) is 51.8. The van der Waals surface area contributed by atoms with Crippen LogP contribution in [0.4, 0.5) is 23.2 Å². The zero-order valence-corrected chi connectivity index (χ0v) is 87.0. The van der Waals surface area contributed by atoms with Crippen LogP contribution in [0.1, 0.15) is 227 Å². The fraction of sp³-hybridized carbons (Fsp3) is 0.295. The molecule has 0 radical (unpaired) electrons. The highest BCUT2D eigenvalue weighted by molar-refractivity contribution is 6.37. The molecule has 4 unspecified atom stereocenters. The number of piperidine rings is 4. The molecule has 4 saturated heterocycles. The molecule has 4 N–H and O–H groups in total. The first-order valence-electron chi connectivity index (χ1n) is 49.7. The van der Waals surface area contributed by atoms with Gasteiger partial charge in [0.1, 0.15) is 53.2 Å². The Bertz CT molecular complexity index is 7470. The van der Waals surface area contributed by atoms with Crippen LogP contribution in [0, 0.1) is 12.4 Å². The minimum atomic E-state index is -4.43. The van der Waals surface area contributed by atoms with Crippen molar-refractivity contribution in [2.75, 3.05) is 52.4 Å². The van der Waals surface area contributed by atoms with Crippen molar-refractivity contribution in [3.63, 3.8) is 0 Å². The van der Waals surface area contributed by atoms with Crippen LogP contribution >= 0.6 is 92.8 Å². The molecule has 9 aromatic heterocycles. The lowest BCUT2D eigenvalue weighted by Gasteiger charge is -2.27. The van der Waals surface area contributed by atoms with Crippen molar-refractivity contribution in [2.45, 2.75) is 161 Å². The third-order valence-electron chi connectivity index (χ3n) is 26.0. The molecule has 0 amide bonds. The lowest BCUT2D eigenvalue weighted by atomic mass is 10.0. The number of aromatic amines is 4. The predicted molar refractivity (Wildman–Crippen MR) is 582 cm³/mol. The van der Waals surface area contributed by atoms with Gasteiger partial charge in [-0.25, -0.2) is 9.24 Å². The van der Waals surface area contributed by atoms with Gasteiger partial charge in [0, 0.05) is 122 Å². The molecule has 16 aromatic rings. The van der Waals surface area contributed by atoms with Crippen molar-refractivity contribution >= 4 is 191 Å². The smallest absolute Gasteiger partial charge is 0.416 e. The van der Waals surface area contributed by atoms with E-state index in [1.807, 2.05) is 111 Å². The number of ether oxygens (including phenoxy) is 4. The van der Waals surface area contributed by atoms with E-state index in [1.165, 1.54) is 81.3 Å². The molecule has 20 rings (SSSR count). The first kappa shape index (κ1) is 103.